The number of nitrogens with one attached hydrogen (secondary N) is 2. The quantitative estimate of drug-likeness (QED) is 0.379. The predicted octanol–water partition coefficient (Wildman–Crippen LogP) is 6.40. The standard InChI is InChI=1S/C27H34ClN5O2/c1-6-7-16-32(26(35)29-21-14-10-8-12-19(21)2)18-25(34)30-24-17-23(27(3,4)5)31-33(24)22-15-11-9-13-20(22)28/h8-15,17H,6-7,16,18H2,1-5H3,(H,29,35)(H,30,34). The van der Waals surface area contributed by atoms with Crippen molar-refractivity contribution in [3.05, 3.63) is 70.9 Å². The summed E-state index contributed by atoms with van der Waals surface area (Å²) in [5.74, 6) is 0.192. The maximum Gasteiger partial charge on any atom is 0.322 e. The van der Waals surface area contributed by atoms with Gasteiger partial charge in [0.1, 0.15) is 12.4 Å². The van der Waals surface area contributed by atoms with Crippen LogP contribution in [-0.4, -0.2) is 39.7 Å². The first-order valence-electron chi connectivity index (χ1n) is 11.9. The molecule has 0 aliphatic rings. The van der Waals surface area contributed by atoms with Crippen LogP contribution in [-0.2, 0) is 10.2 Å². The summed E-state index contributed by atoms with van der Waals surface area (Å²) in [5, 5.41) is 11.1. The largest absolute Gasteiger partial charge is 0.322 e. The van der Waals surface area contributed by atoms with Crippen molar-refractivity contribution < 1.29 is 9.59 Å². The zero-order valence-corrected chi connectivity index (χ0v) is 21.8. The van der Waals surface area contributed by atoms with Crippen LogP contribution in [0.3, 0.4) is 0 Å². The van der Waals surface area contributed by atoms with E-state index in [1.165, 1.54) is 4.90 Å². The molecule has 1 aromatic heterocycles. The highest BCUT2D eigenvalue weighted by atomic mass is 35.5. The summed E-state index contributed by atoms with van der Waals surface area (Å²) >= 11 is 6.43. The fourth-order valence-electron chi connectivity index (χ4n) is 3.51. The summed E-state index contributed by atoms with van der Waals surface area (Å²) in [5.41, 5.74) is 2.94. The third-order valence-corrected chi connectivity index (χ3v) is 5.94. The second kappa shape index (κ2) is 11.4. The molecule has 0 bridgehead atoms. The van der Waals surface area contributed by atoms with Crippen LogP contribution in [0.2, 0.25) is 5.02 Å². The summed E-state index contributed by atoms with van der Waals surface area (Å²) in [4.78, 5) is 27.7. The molecule has 8 heteroatoms. The minimum absolute atomic E-state index is 0.0870. The van der Waals surface area contributed by atoms with Gasteiger partial charge < -0.3 is 15.5 Å². The third kappa shape index (κ3) is 6.85. The summed E-state index contributed by atoms with van der Waals surface area (Å²) in [6.07, 6.45) is 1.70. The number of para-hydroxylation sites is 2. The lowest BCUT2D eigenvalue weighted by atomic mass is 9.92. The number of amides is 3. The minimum atomic E-state index is -0.310. The number of rotatable bonds is 8. The van der Waals surface area contributed by atoms with Crippen molar-refractivity contribution in [2.75, 3.05) is 23.7 Å². The average Bonchev–Trinajstić information content (AvgIpc) is 3.22. The zero-order chi connectivity index (χ0) is 25.6. The van der Waals surface area contributed by atoms with Gasteiger partial charge in [0.25, 0.3) is 0 Å². The molecule has 3 aromatic rings. The zero-order valence-electron chi connectivity index (χ0n) is 21.1. The number of nitrogens with zero attached hydrogens (tertiary/aromatic N) is 3. The van der Waals surface area contributed by atoms with Crippen LogP contribution in [0.15, 0.2) is 54.6 Å². The topological polar surface area (TPSA) is 79.3 Å². The van der Waals surface area contributed by atoms with Gasteiger partial charge in [-0.3, -0.25) is 4.79 Å². The molecule has 0 spiro atoms. The van der Waals surface area contributed by atoms with Gasteiger partial charge in [-0.25, -0.2) is 9.48 Å². The Kier molecular flexibility index (Phi) is 8.57. The van der Waals surface area contributed by atoms with E-state index in [1.54, 1.807) is 10.7 Å². The van der Waals surface area contributed by atoms with E-state index in [2.05, 4.69) is 31.4 Å². The number of anilines is 2. The Morgan fingerprint density at radius 3 is 2.40 bits per heavy atom. The number of hydrogen-bond donors (Lipinski definition) is 2. The molecule has 0 saturated carbocycles. The van der Waals surface area contributed by atoms with Gasteiger partial charge in [0, 0.05) is 23.7 Å². The monoisotopic (exact) mass is 495 g/mol. The molecule has 3 amide bonds. The molecule has 2 aromatic carbocycles. The number of unbranched alkanes of at least 4 members (excludes halogenated alkanes) is 1. The van der Waals surface area contributed by atoms with E-state index < -0.39 is 0 Å². The third-order valence-electron chi connectivity index (χ3n) is 5.62. The van der Waals surface area contributed by atoms with Gasteiger partial charge in [0.05, 0.1) is 16.4 Å². The van der Waals surface area contributed by atoms with Crippen LogP contribution in [0.4, 0.5) is 16.3 Å². The maximum atomic E-state index is 13.1. The van der Waals surface area contributed by atoms with Gasteiger partial charge in [0.15, 0.2) is 0 Å². The number of urea groups is 1. The first kappa shape index (κ1) is 26.3. The predicted molar refractivity (Wildman–Crippen MR) is 143 cm³/mol. The maximum absolute atomic E-state index is 13.1. The molecule has 35 heavy (non-hydrogen) atoms. The average molecular weight is 496 g/mol. The SMILES string of the molecule is CCCCN(CC(=O)Nc1cc(C(C)(C)C)nn1-c1ccccc1Cl)C(=O)Nc1ccccc1C. The van der Waals surface area contributed by atoms with Gasteiger partial charge in [-0.2, -0.15) is 5.10 Å². The molecule has 0 radical (unpaired) electrons. The van der Waals surface area contributed by atoms with Crippen LogP contribution >= 0.6 is 11.6 Å². The fourth-order valence-corrected chi connectivity index (χ4v) is 3.72. The second-order valence-electron chi connectivity index (χ2n) is 9.60. The van der Waals surface area contributed by atoms with Crippen LogP contribution in [0.25, 0.3) is 5.69 Å². The first-order valence-corrected chi connectivity index (χ1v) is 12.2. The Bertz CT molecular complexity index is 1180. The van der Waals surface area contributed by atoms with Crippen molar-refractivity contribution in [1.82, 2.24) is 14.7 Å². The van der Waals surface area contributed by atoms with Crippen molar-refractivity contribution in [2.45, 2.75) is 52.9 Å². The summed E-state index contributed by atoms with van der Waals surface area (Å²) < 4.78 is 1.64. The number of aromatic nitrogens is 2. The van der Waals surface area contributed by atoms with Crippen molar-refractivity contribution in [1.29, 1.82) is 0 Å². The molecule has 186 valence electrons. The molecule has 3 rings (SSSR count). The summed E-state index contributed by atoms with van der Waals surface area (Å²) in [6.45, 7) is 10.5. The number of carbonyl (C=O) groups excluding carboxylic acids is 2. The van der Waals surface area contributed by atoms with Crippen LogP contribution < -0.4 is 10.6 Å². The molecule has 0 fully saturated rings. The van der Waals surface area contributed by atoms with Gasteiger partial charge >= 0.3 is 6.03 Å². The summed E-state index contributed by atoms with van der Waals surface area (Å²) in [6, 6.07) is 16.5. The van der Waals surface area contributed by atoms with Crippen molar-refractivity contribution in [3.63, 3.8) is 0 Å². The molecule has 0 atom stereocenters. The minimum Gasteiger partial charge on any atom is -0.315 e. The first-order chi connectivity index (χ1) is 16.6. The van der Waals surface area contributed by atoms with E-state index in [1.807, 2.05) is 62.4 Å². The molecular formula is C27H34ClN5O2. The van der Waals surface area contributed by atoms with Gasteiger partial charge in [-0.05, 0) is 37.1 Å². The number of carbonyl (C=O) groups is 2. The van der Waals surface area contributed by atoms with E-state index in [4.69, 9.17) is 16.7 Å². The van der Waals surface area contributed by atoms with E-state index in [-0.39, 0.29) is 23.9 Å². The lowest BCUT2D eigenvalue weighted by molar-refractivity contribution is -0.116. The van der Waals surface area contributed by atoms with Crippen molar-refractivity contribution >= 4 is 35.0 Å². The Morgan fingerprint density at radius 2 is 1.74 bits per heavy atom. The summed E-state index contributed by atoms with van der Waals surface area (Å²) in [7, 11) is 0. The van der Waals surface area contributed by atoms with E-state index in [0.717, 1.165) is 29.8 Å². The van der Waals surface area contributed by atoms with Gasteiger partial charge in [-0.1, -0.05) is 76.0 Å². The normalized spacial score (nSPS) is 11.3. The molecule has 0 aliphatic heterocycles. The Morgan fingerprint density at radius 1 is 1.06 bits per heavy atom. The highest BCUT2D eigenvalue weighted by Crippen LogP contribution is 2.29. The van der Waals surface area contributed by atoms with Gasteiger partial charge in [-0.15, -0.1) is 0 Å². The van der Waals surface area contributed by atoms with Crippen LogP contribution in [0.5, 0.6) is 0 Å². The number of halogens is 1. The molecule has 0 aliphatic carbocycles. The number of benzene rings is 2. The Balaban J connectivity index is 1.82. The van der Waals surface area contributed by atoms with Crippen LogP contribution in [0, 0.1) is 6.92 Å². The Labute approximate surface area is 212 Å². The van der Waals surface area contributed by atoms with E-state index >= 15 is 0 Å². The van der Waals surface area contributed by atoms with Gasteiger partial charge in [0.2, 0.25) is 5.91 Å². The second-order valence-corrected chi connectivity index (χ2v) is 10.0. The number of hydrogen-bond acceptors (Lipinski definition) is 3. The highest BCUT2D eigenvalue weighted by molar-refractivity contribution is 6.32. The van der Waals surface area contributed by atoms with E-state index in [9.17, 15) is 9.59 Å². The number of aryl methyl sites for hydroxylation is 1. The van der Waals surface area contributed by atoms with Crippen LogP contribution in [0.1, 0.15) is 51.8 Å². The van der Waals surface area contributed by atoms with E-state index in [0.29, 0.717) is 23.1 Å². The highest BCUT2D eigenvalue weighted by Gasteiger charge is 2.24. The van der Waals surface area contributed by atoms with Crippen molar-refractivity contribution in [3.8, 4) is 5.69 Å². The lowest BCUT2D eigenvalue weighted by Crippen LogP contribution is -2.41. The fraction of sp³-hybridized carbons (Fsp3) is 0.370. The molecule has 1 heterocycles. The smallest absolute Gasteiger partial charge is 0.315 e. The molecule has 7 nitrogen and oxygen atoms in total. The molecular weight excluding hydrogens is 462 g/mol. The molecule has 0 unspecified atom stereocenters. The molecule has 2 N–H and O–H groups in total. The lowest BCUT2D eigenvalue weighted by Gasteiger charge is -2.23. The molecule has 0 saturated heterocycles. The van der Waals surface area contributed by atoms with Crippen molar-refractivity contribution in [2.24, 2.45) is 0 Å². The Hall–Kier alpha value is -3.32.